The van der Waals surface area contributed by atoms with Gasteiger partial charge in [-0.3, -0.25) is 0 Å². The fourth-order valence-electron chi connectivity index (χ4n) is 1.68. The molecule has 0 fully saturated rings. The highest BCUT2D eigenvalue weighted by Gasteiger charge is 2.07. The van der Waals surface area contributed by atoms with Gasteiger partial charge in [0.25, 0.3) is 0 Å². The van der Waals surface area contributed by atoms with Crippen LogP contribution < -0.4 is 0 Å². The van der Waals surface area contributed by atoms with Gasteiger partial charge >= 0.3 is 0 Å². The Labute approximate surface area is 94.1 Å². The maximum Gasteiger partial charge on any atom is 0.160 e. The van der Waals surface area contributed by atoms with E-state index in [0.717, 1.165) is 30.0 Å². The van der Waals surface area contributed by atoms with Gasteiger partial charge in [0.15, 0.2) is 5.65 Å². The molecule has 0 aromatic carbocycles. The van der Waals surface area contributed by atoms with Gasteiger partial charge in [-0.05, 0) is 19.4 Å². The van der Waals surface area contributed by atoms with Crippen molar-refractivity contribution in [3.05, 3.63) is 23.1 Å². The number of aromatic nitrogens is 3. The number of pyridine rings is 1. The highest BCUT2D eigenvalue weighted by atomic mass is 35.5. The molecule has 0 saturated heterocycles. The van der Waals surface area contributed by atoms with E-state index < -0.39 is 0 Å². The minimum atomic E-state index is 0.641. The normalized spacial score (nSPS) is 11.1. The number of hydrogen-bond donors (Lipinski definition) is 0. The Kier molecular flexibility index (Phi) is 2.91. The first-order chi connectivity index (χ1) is 7.22. The van der Waals surface area contributed by atoms with Gasteiger partial charge in [-0.15, -0.1) is 0 Å². The summed E-state index contributed by atoms with van der Waals surface area (Å²) in [5.41, 5.74) is 1.82. The van der Waals surface area contributed by atoms with Gasteiger partial charge in [0.05, 0.1) is 5.02 Å². The highest BCUT2D eigenvalue weighted by Crippen LogP contribution is 2.18. The van der Waals surface area contributed by atoms with Crippen molar-refractivity contribution in [2.45, 2.75) is 33.2 Å². The molecule has 2 aromatic heterocycles. The lowest BCUT2D eigenvalue weighted by atomic mass is 10.3. The molecule has 0 aliphatic rings. The summed E-state index contributed by atoms with van der Waals surface area (Å²) in [6, 6.07) is 1.86. The molecule has 0 bridgehead atoms. The summed E-state index contributed by atoms with van der Waals surface area (Å²) < 4.78 is 2.15. The van der Waals surface area contributed by atoms with Crippen LogP contribution in [0.25, 0.3) is 11.2 Å². The smallest absolute Gasteiger partial charge is 0.160 e. The number of halogens is 1. The van der Waals surface area contributed by atoms with Crippen LogP contribution in [0.4, 0.5) is 0 Å². The van der Waals surface area contributed by atoms with E-state index in [1.54, 1.807) is 6.20 Å². The van der Waals surface area contributed by atoms with Crippen LogP contribution in [0.1, 0.15) is 25.6 Å². The van der Waals surface area contributed by atoms with Gasteiger partial charge in [0, 0.05) is 12.7 Å². The largest absolute Gasteiger partial charge is 0.313 e. The summed E-state index contributed by atoms with van der Waals surface area (Å²) in [4.78, 5) is 8.77. The lowest BCUT2D eigenvalue weighted by molar-refractivity contribution is 0.627. The van der Waals surface area contributed by atoms with Crippen molar-refractivity contribution < 1.29 is 0 Å². The van der Waals surface area contributed by atoms with E-state index in [1.807, 2.05) is 13.0 Å². The van der Waals surface area contributed by atoms with Crippen molar-refractivity contribution in [2.24, 2.45) is 0 Å². The molecule has 15 heavy (non-hydrogen) atoms. The minimum absolute atomic E-state index is 0.641. The predicted molar refractivity (Wildman–Crippen MR) is 62.2 cm³/mol. The molecule has 0 spiro atoms. The van der Waals surface area contributed by atoms with Crippen LogP contribution in [-0.2, 0) is 6.54 Å². The zero-order chi connectivity index (χ0) is 10.8. The summed E-state index contributed by atoms with van der Waals surface area (Å²) in [6.45, 7) is 5.16. The van der Waals surface area contributed by atoms with Gasteiger partial charge in [-0.25, -0.2) is 9.97 Å². The molecule has 0 atom stereocenters. The van der Waals surface area contributed by atoms with Crippen molar-refractivity contribution in [1.82, 2.24) is 14.5 Å². The fourth-order valence-corrected chi connectivity index (χ4v) is 1.84. The molecule has 4 heteroatoms. The topological polar surface area (TPSA) is 30.7 Å². The number of rotatable bonds is 3. The molecule has 3 nitrogen and oxygen atoms in total. The van der Waals surface area contributed by atoms with Crippen molar-refractivity contribution in [3.8, 4) is 0 Å². The molecular weight excluding hydrogens is 210 g/mol. The molecule has 2 heterocycles. The third-order valence-corrected chi connectivity index (χ3v) is 2.68. The molecular formula is C11H14ClN3. The second-order valence-electron chi connectivity index (χ2n) is 3.66. The minimum Gasteiger partial charge on any atom is -0.313 e. The zero-order valence-electron chi connectivity index (χ0n) is 9.00. The third kappa shape index (κ3) is 1.97. The Morgan fingerprint density at radius 2 is 2.27 bits per heavy atom. The van der Waals surface area contributed by atoms with Crippen LogP contribution >= 0.6 is 11.6 Å². The Morgan fingerprint density at radius 3 is 3.00 bits per heavy atom. The molecule has 0 amide bonds. The van der Waals surface area contributed by atoms with Crippen LogP contribution in [0.2, 0.25) is 5.02 Å². The summed E-state index contributed by atoms with van der Waals surface area (Å²) in [6.07, 6.45) is 4.00. The van der Waals surface area contributed by atoms with Crippen LogP contribution in [0.3, 0.4) is 0 Å². The molecule has 80 valence electrons. The zero-order valence-corrected chi connectivity index (χ0v) is 9.75. The Morgan fingerprint density at radius 1 is 1.47 bits per heavy atom. The number of aryl methyl sites for hydroxylation is 2. The van der Waals surface area contributed by atoms with Gasteiger partial charge in [0.2, 0.25) is 0 Å². The van der Waals surface area contributed by atoms with Gasteiger partial charge in [0.1, 0.15) is 11.3 Å². The number of unbranched alkanes of at least 4 members (excludes halogenated alkanes) is 1. The summed E-state index contributed by atoms with van der Waals surface area (Å²) in [5, 5.41) is 0.641. The van der Waals surface area contributed by atoms with E-state index in [9.17, 15) is 0 Å². The average molecular weight is 224 g/mol. The molecule has 0 unspecified atom stereocenters. The quantitative estimate of drug-likeness (QED) is 0.800. The van der Waals surface area contributed by atoms with E-state index >= 15 is 0 Å². The molecule has 0 saturated carbocycles. The van der Waals surface area contributed by atoms with E-state index in [2.05, 4.69) is 21.5 Å². The monoisotopic (exact) mass is 223 g/mol. The number of hydrogen-bond acceptors (Lipinski definition) is 2. The molecule has 0 N–H and O–H groups in total. The maximum absolute atomic E-state index is 5.87. The van der Waals surface area contributed by atoms with Crippen molar-refractivity contribution in [3.63, 3.8) is 0 Å². The summed E-state index contributed by atoms with van der Waals surface area (Å²) in [5.74, 6) is 1.01. The Bertz CT molecular complexity index is 476. The van der Waals surface area contributed by atoms with E-state index in [4.69, 9.17) is 11.6 Å². The van der Waals surface area contributed by atoms with E-state index in [0.29, 0.717) is 5.02 Å². The number of imidazole rings is 1. The second kappa shape index (κ2) is 4.19. The number of fused-ring (bicyclic) bond motifs is 1. The molecule has 0 aliphatic carbocycles. The lowest BCUT2D eigenvalue weighted by Crippen LogP contribution is -2.00. The van der Waals surface area contributed by atoms with Crippen molar-refractivity contribution >= 4 is 22.8 Å². The highest BCUT2D eigenvalue weighted by molar-refractivity contribution is 6.31. The first kappa shape index (κ1) is 10.4. The van der Waals surface area contributed by atoms with Crippen LogP contribution in [-0.4, -0.2) is 14.5 Å². The summed E-state index contributed by atoms with van der Waals surface area (Å²) in [7, 11) is 0. The molecule has 2 aromatic rings. The lowest BCUT2D eigenvalue weighted by Gasteiger charge is -2.03. The van der Waals surface area contributed by atoms with Gasteiger partial charge in [-0.2, -0.15) is 0 Å². The van der Waals surface area contributed by atoms with Crippen LogP contribution in [0.15, 0.2) is 12.3 Å². The Hall–Kier alpha value is -1.09. The summed E-state index contributed by atoms with van der Waals surface area (Å²) >= 11 is 5.87. The second-order valence-corrected chi connectivity index (χ2v) is 4.10. The Balaban J connectivity index is 2.48. The van der Waals surface area contributed by atoms with Gasteiger partial charge < -0.3 is 4.57 Å². The SMILES string of the molecule is CCCCn1c(C)nc2cc(Cl)cnc21. The number of nitrogens with zero attached hydrogens (tertiary/aromatic N) is 3. The first-order valence-electron chi connectivity index (χ1n) is 5.20. The van der Waals surface area contributed by atoms with Crippen molar-refractivity contribution in [1.29, 1.82) is 0 Å². The standard InChI is InChI=1S/C11H14ClN3/c1-3-4-5-15-8(2)14-10-6-9(12)7-13-11(10)15/h6-7H,3-5H2,1-2H3. The first-order valence-corrected chi connectivity index (χ1v) is 5.58. The predicted octanol–water partition coefficient (Wildman–Crippen LogP) is 3.19. The van der Waals surface area contributed by atoms with Crippen molar-refractivity contribution in [2.75, 3.05) is 0 Å². The van der Waals surface area contributed by atoms with E-state index in [1.165, 1.54) is 6.42 Å². The maximum atomic E-state index is 5.87. The van der Waals surface area contributed by atoms with E-state index in [-0.39, 0.29) is 0 Å². The average Bonchev–Trinajstić information content (AvgIpc) is 2.50. The third-order valence-electron chi connectivity index (χ3n) is 2.48. The fraction of sp³-hybridized carbons (Fsp3) is 0.455. The molecule has 0 aliphatic heterocycles. The van der Waals surface area contributed by atoms with Gasteiger partial charge in [-0.1, -0.05) is 24.9 Å². The molecule has 0 radical (unpaired) electrons. The molecule has 2 rings (SSSR count). The van der Waals surface area contributed by atoms with Crippen LogP contribution in [0, 0.1) is 6.92 Å². The van der Waals surface area contributed by atoms with Crippen LogP contribution in [0.5, 0.6) is 0 Å².